The van der Waals surface area contributed by atoms with Gasteiger partial charge in [-0.05, 0) is 22.9 Å². The molecule has 0 atom stereocenters. The van der Waals surface area contributed by atoms with E-state index in [0.717, 1.165) is 4.47 Å². The number of likely N-dealkylation sites (N-methyl/N-ethyl adjacent to an activating group) is 1. The summed E-state index contributed by atoms with van der Waals surface area (Å²) in [6, 6.07) is 0. The summed E-state index contributed by atoms with van der Waals surface area (Å²) in [6.07, 6.45) is 3.06. The summed E-state index contributed by atoms with van der Waals surface area (Å²) in [7, 11) is 1.76. The lowest BCUT2D eigenvalue weighted by molar-refractivity contribution is -0.127. The van der Waals surface area contributed by atoms with Crippen molar-refractivity contribution in [2.24, 2.45) is 0 Å². The van der Waals surface area contributed by atoms with Crippen LogP contribution in [0.2, 0.25) is 0 Å². The maximum Gasteiger partial charge on any atom is 0.241 e. The van der Waals surface area contributed by atoms with Gasteiger partial charge in [0.1, 0.15) is 12.1 Å². The van der Waals surface area contributed by atoms with Gasteiger partial charge in [-0.15, -0.1) is 0 Å². The Balaban J connectivity index is 2.51. The Kier molecular flexibility index (Phi) is 4.48. The molecule has 1 aromatic rings. The second-order valence-corrected chi connectivity index (χ2v) is 3.84. The molecule has 1 rings (SSSR count). The molecule has 1 aromatic heterocycles. The Morgan fingerprint density at radius 2 is 2.40 bits per heavy atom. The van der Waals surface area contributed by atoms with Crippen LogP contribution in [-0.2, 0) is 4.79 Å². The van der Waals surface area contributed by atoms with E-state index >= 15 is 0 Å². The molecular formula is C9H13BrN4O. The van der Waals surface area contributed by atoms with Gasteiger partial charge < -0.3 is 10.2 Å². The van der Waals surface area contributed by atoms with E-state index in [1.807, 2.05) is 6.92 Å². The number of carbonyl (C=O) groups excluding carboxylic acids is 1. The fourth-order valence-electron chi connectivity index (χ4n) is 0.913. The fraction of sp³-hybridized carbons (Fsp3) is 0.444. The highest BCUT2D eigenvalue weighted by Crippen LogP contribution is 2.16. The molecule has 5 nitrogen and oxygen atoms in total. The van der Waals surface area contributed by atoms with E-state index in [1.54, 1.807) is 18.1 Å². The molecule has 1 amide bonds. The Morgan fingerprint density at radius 3 is 3.00 bits per heavy atom. The zero-order valence-electron chi connectivity index (χ0n) is 8.70. The first kappa shape index (κ1) is 11.9. The van der Waals surface area contributed by atoms with E-state index in [9.17, 15) is 4.79 Å². The lowest BCUT2D eigenvalue weighted by Crippen LogP contribution is -2.32. The van der Waals surface area contributed by atoms with Crippen LogP contribution >= 0.6 is 15.9 Å². The van der Waals surface area contributed by atoms with E-state index in [4.69, 9.17) is 0 Å². The second kappa shape index (κ2) is 5.65. The van der Waals surface area contributed by atoms with Gasteiger partial charge in [0.2, 0.25) is 5.91 Å². The number of halogens is 1. The zero-order valence-corrected chi connectivity index (χ0v) is 10.3. The minimum absolute atomic E-state index is 0.0306. The molecule has 0 aliphatic carbocycles. The molecular weight excluding hydrogens is 260 g/mol. The minimum atomic E-state index is 0.0306. The SMILES string of the molecule is CCN(C)C(=O)CNc1ncncc1Br. The highest BCUT2D eigenvalue weighted by atomic mass is 79.9. The van der Waals surface area contributed by atoms with Crippen molar-refractivity contribution < 1.29 is 4.79 Å². The molecule has 1 heterocycles. The monoisotopic (exact) mass is 272 g/mol. The van der Waals surface area contributed by atoms with Crippen molar-refractivity contribution in [1.82, 2.24) is 14.9 Å². The van der Waals surface area contributed by atoms with Crippen molar-refractivity contribution in [1.29, 1.82) is 0 Å². The van der Waals surface area contributed by atoms with Gasteiger partial charge in [-0.1, -0.05) is 0 Å². The molecule has 0 bridgehead atoms. The second-order valence-electron chi connectivity index (χ2n) is 2.98. The molecule has 0 saturated heterocycles. The van der Waals surface area contributed by atoms with Crippen molar-refractivity contribution in [2.45, 2.75) is 6.92 Å². The van der Waals surface area contributed by atoms with Crippen LogP contribution < -0.4 is 5.32 Å². The van der Waals surface area contributed by atoms with Gasteiger partial charge in [-0.25, -0.2) is 9.97 Å². The number of hydrogen-bond donors (Lipinski definition) is 1. The van der Waals surface area contributed by atoms with Gasteiger partial charge >= 0.3 is 0 Å². The maximum atomic E-state index is 11.5. The van der Waals surface area contributed by atoms with Crippen LogP contribution in [0.3, 0.4) is 0 Å². The van der Waals surface area contributed by atoms with E-state index in [-0.39, 0.29) is 12.5 Å². The standard InChI is InChI=1S/C9H13BrN4O/c1-3-14(2)8(15)5-12-9-7(10)4-11-6-13-9/h4,6H,3,5H2,1-2H3,(H,11,12,13). The summed E-state index contributed by atoms with van der Waals surface area (Å²) in [4.78, 5) is 20.9. The van der Waals surface area contributed by atoms with Crippen molar-refractivity contribution in [3.05, 3.63) is 17.0 Å². The maximum absolute atomic E-state index is 11.5. The number of hydrogen-bond acceptors (Lipinski definition) is 4. The van der Waals surface area contributed by atoms with Gasteiger partial charge in [0.05, 0.1) is 11.0 Å². The van der Waals surface area contributed by atoms with Crippen LogP contribution in [-0.4, -0.2) is 40.9 Å². The quantitative estimate of drug-likeness (QED) is 0.893. The van der Waals surface area contributed by atoms with Crippen LogP contribution in [0.25, 0.3) is 0 Å². The van der Waals surface area contributed by atoms with Crippen molar-refractivity contribution >= 4 is 27.7 Å². The number of nitrogens with one attached hydrogen (secondary N) is 1. The average molecular weight is 273 g/mol. The Hall–Kier alpha value is -1.17. The summed E-state index contributed by atoms with van der Waals surface area (Å²) in [5.41, 5.74) is 0. The third kappa shape index (κ3) is 3.47. The topological polar surface area (TPSA) is 58.1 Å². The number of amides is 1. The third-order valence-corrected chi connectivity index (χ3v) is 2.56. The van der Waals surface area contributed by atoms with Gasteiger partial charge in [0.15, 0.2) is 0 Å². The molecule has 0 saturated carbocycles. The van der Waals surface area contributed by atoms with Gasteiger partial charge in [-0.3, -0.25) is 4.79 Å². The van der Waals surface area contributed by atoms with E-state index < -0.39 is 0 Å². The van der Waals surface area contributed by atoms with E-state index in [2.05, 4.69) is 31.2 Å². The summed E-state index contributed by atoms with van der Waals surface area (Å²) in [5, 5.41) is 2.94. The lowest BCUT2D eigenvalue weighted by Gasteiger charge is -2.15. The molecule has 0 radical (unpaired) electrons. The van der Waals surface area contributed by atoms with E-state index in [1.165, 1.54) is 6.33 Å². The van der Waals surface area contributed by atoms with Crippen LogP contribution in [0.5, 0.6) is 0 Å². The van der Waals surface area contributed by atoms with Gasteiger partial charge in [0, 0.05) is 19.8 Å². The number of aromatic nitrogens is 2. The Bertz CT molecular complexity index is 345. The first-order chi connectivity index (χ1) is 7.15. The van der Waals surface area contributed by atoms with Crippen LogP contribution in [0.4, 0.5) is 5.82 Å². The van der Waals surface area contributed by atoms with Gasteiger partial charge in [-0.2, -0.15) is 0 Å². The van der Waals surface area contributed by atoms with Crippen LogP contribution in [0.1, 0.15) is 6.92 Å². The molecule has 0 aliphatic rings. The number of rotatable bonds is 4. The molecule has 0 fully saturated rings. The van der Waals surface area contributed by atoms with Crippen LogP contribution in [0.15, 0.2) is 17.0 Å². The largest absolute Gasteiger partial charge is 0.360 e. The molecule has 1 N–H and O–H groups in total. The molecule has 82 valence electrons. The number of anilines is 1. The molecule has 6 heteroatoms. The summed E-state index contributed by atoms with van der Waals surface area (Å²) in [5.74, 6) is 0.658. The highest BCUT2D eigenvalue weighted by molar-refractivity contribution is 9.10. The number of carbonyl (C=O) groups is 1. The first-order valence-electron chi connectivity index (χ1n) is 4.58. The molecule has 0 aromatic carbocycles. The smallest absolute Gasteiger partial charge is 0.241 e. The predicted octanol–water partition coefficient (Wildman–Crippen LogP) is 1.13. The summed E-state index contributed by atoms with van der Waals surface area (Å²) >= 11 is 3.29. The minimum Gasteiger partial charge on any atom is -0.360 e. The zero-order chi connectivity index (χ0) is 11.3. The summed E-state index contributed by atoms with van der Waals surface area (Å²) < 4.78 is 0.747. The number of nitrogens with zero attached hydrogens (tertiary/aromatic N) is 3. The van der Waals surface area contributed by atoms with Crippen molar-refractivity contribution in [3.8, 4) is 0 Å². The first-order valence-corrected chi connectivity index (χ1v) is 5.37. The highest BCUT2D eigenvalue weighted by Gasteiger charge is 2.07. The Labute approximate surface area is 97.0 Å². The predicted molar refractivity (Wildman–Crippen MR) is 61.5 cm³/mol. The molecule has 0 aliphatic heterocycles. The van der Waals surface area contributed by atoms with Crippen molar-refractivity contribution in [3.63, 3.8) is 0 Å². The normalized spacial score (nSPS) is 9.80. The average Bonchev–Trinajstić information content (AvgIpc) is 2.26. The summed E-state index contributed by atoms with van der Waals surface area (Å²) in [6.45, 7) is 2.86. The Morgan fingerprint density at radius 1 is 1.67 bits per heavy atom. The van der Waals surface area contributed by atoms with Gasteiger partial charge in [0.25, 0.3) is 0 Å². The third-order valence-electron chi connectivity index (χ3n) is 1.97. The fourth-order valence-corrected chi connectivity index (χ4v) is 1.27. The van der Waals surface area contributed by atoms with Crippen LogP contribution in [0, 0.1) is 0 Å². The molecule has 15 heavy (non-hydrogen) atoms. The van der Waals surface area contributed by atoms with Crippen molar-refractivity contribution in [2.75, 3.05) is 25.5 Å². The molecule has 0 spiro atoms. The molecule has 0 unspecified atom stereocenters. The van der Waals surface area contributed by atoms with E-state index in [0.29, 0.717) is 12.4 Å². The lowest BCUT2D eigenvalue weighted by atomic mass is 10.5.